The minimum Gasteiger partial charge on any atom is -0.457 e. The highest BCUT2D eigenvalue weighted by atomic mass is 16.6. The third kappa shape index (κ3) is 3.08. The van der Waals surface area contributed by atoms with E-state index in [0.717, 1.165) is 0 Å². The standard InChI is InChI=1S/C6H11O3/c1-4-9-6(7)5(2)8-3/h4-5H,1-3H3. The first-order valence-electron chi connectivity index (χ1n) is 2.73. The number of methoxy groups -OCH3 is 1. The highest BCUT2D eigenvalue weighted by Crippen LogP contribution is 1.92. The second-order valence-corrected chi connectivity index (χ2v) is 1.55. The Balaban J connectivity index is 3.46. The van der Waals surface area contributed by atoms with Gasteiger partial charge in [-0.15, -0.1) is 0 Å². The van der Waals surface area contributed by atoms with Gasteiger partial charge in [-0.1, -0.05) is 0 Å². The van der Waals surface area contributed by atoms with Gasteiger partial charge in [-0.2, -0.15) is 0 Å². The molecule has 0 amide bonds. The highest BCUT2D eigenvalue weighted by Gasteiger charge is 2.10. The van der Waals surface area contributed by atoms with E-state index >= 15 is 0 Å². The Morgan fingerprint density at radius 3 is 2.56 bits per heavy atom. The molecule has 0 aromatic heterocycles. The van der Waals surface area contributed by atoms with Crippen molar-refractivity contribution in [2.75, 3.05) is 7.11 Å². The highest BCUT2D eigenvalue weighted by molar-refractivity contribution is 5.74. The third-order valence-electron chi connectivity index (χ3n) is 0.919. The number of rotatable bonds is 3. The summed E-state index contributed by atoms with van der Waals surface area (Å²) in [6, 6.07) is 0. The Labute approximate surface area is 55.0 Å². The first-order valence-corrected chi connectivity index (χ1v) is 2.73. The first-order chi connectivity index (χ1) is 4.22. The van der Waals surface area contributed by atoms with Gasteiger partial charge < -0.3 is 9.47 Å². The van der Waals surface area contributed by atoms with Gasteiger partial charge in [0.1, 0.15) is 6.61 Å². The Hall–Kier alpha value is -0.570. The van der Waals surface area contributed by atoms with Crippen LogP contribution in [0.25, 0.3) is 0 Å². The number of carbonyl (C=O) groups is 1. The van der Waals surface area contributed by atoms with Crippen molar-refractivity contribution in [2.24, 2.45) is 0 Å². The number of hydrogen-bond acceptors (Lipinski definition) is 3. The minimum atomic E-state index is -0.471. The predicted octanol–water partition coefficient (Wildman–Crippen LogP) is 0.746. The topological polar surface area (TPSA) is 35.5 Å². The van der Waals surface area contributed by atoms with Crippen molar-refractivity contribution in [1.29, 1.82) is 0 Å². The summed E-state index contributed by atoms with van der Waals surface area (Å²) in [5, 5.41) is 0. The molecule has 1 atom stereocenters. The molecule has 53 valence electrons. The van der Waals surface area contributed by atoms with Gasteiger partial charge >= 0.3 is 5.97 Å². The lowest BCUT2D eigenvalue weighted by atomic mass is 10.4. The maximum absolute atomic E-state index is 10.6. The number of hydrogen-bond donors (Lipinski definition) is 0. The van der Waals surface area contributed by atoms with Gasteiger partial charge in [-0.25, -0.2) is 4.79 Å². The zero-order valence-corrected chi connectivity index (χ0v) is 5.88. The lowest BCUT2D eigenvalue weighted by molar-refractivity contribution is -0.150. The molecular formula is C6H11O3. The summed E-state index contributed by atoms with van der Waals surface area (Å²) in [4.78, 5) is 10.6. The maximum Gasteiger partial charge on any atom is 0.335 e. The van der Waals surface area contributed by atoms with Crippen molar-refractivity contribution in [3.63, 3.8) is 0 Å². The van der Waals surface area contributed by atoms with Gasteiger partial charge in [0, 0.05) is 7.11 Å². The summed E-state index contributed by atoms with van der Waals surface area (Å²) in [5.41, 5.74) is 0. The van der Waals surface area contributed by atoms with Crippen LogP contribution in [0.2, 0.25) is 0 Å². The normalized spacial score (nSPS) is 12.8. The van der Waals surface area contributed by atoms with Gasteiger partial charge in [-0.3, -0.25) is 0 Å². The summed E-state index contributed by atoms with van der Waals surface area (Å²) in [5.74, 6) is -0.361. The number of ether oxygens (including phenoxy) is 2. The molecule has 9 heavy (non-hydrogen) atoms. The molecule has 0 aliphatic carbocycles. The SMILES string of the molecule is C[CH]OC(=O)C(C)OC. The molecule has 0 aliphatic heterocycles. The second-order valence-electron chi connectivity index (χ2n) is 1.55. The molecule has 0 saturated heterocycles. The van der Waals surface area contributed by atoms with Crippen LogP contribution in [-0.2, 0) is 14.3 Å². The molecule has 0 aliphatic rings. The van der Waals surface area contributed by atoms with Gasteiger partial charge in [0.2, 0.25) is 0 Å². The molecule has 0 heterocycles. The molecule has 0 bridgehead atoms. The largest absolute Gasteiger partial charge is 0.457 e. The van der Waals surface area contributed by atoms with E-state index in [1.807, 2.05) is 0 Å². The Morgan fingerprint density at radius 2 is 2.22 bits per heavy atom. The molecule has 1 radical (unpaired) electrons. The Kier molecular flexibility index (Phi) is 4.05. The van der Waals surface area contributed by atoms with E-state index in [4.69, 9.17) is 0 Å². The third-order valence-corrected chi connectivity index (χ3v) is 0.919. The van der Waals surface area contributed by atoms with Crippen LogP contribution in [0, 0.1) is 6.61 Å². The van der Waals surface area contributed by atoms with Crippen molar-refractivity contribution >= 4 is 5.97 Å². The number of esters is 1. The van der Waals surface area contributed by atoms with Crippen LogP contribution < -0.4 is 0 Å². The van der Waals surface area contributed by atoms with Crippen molar-refractivity contribution < 1.29 is 14.3 Å². The molecule has 0 spiro atoms. The van der Waals surface area contributed by atoms with E-state index in [9.17, 15) is 4.79 Å². The first kappa shape index (κ1) is 8.43. The van der Waals surface area contributed by atoms with E-state index in [-0.39, 0.29) is 5.97 Å². The second kappa shape index (κ2) is 4.32. The van der Waals surface area contributed by atoms with Crippen molar-refractivity contribution in [3.8, 4) is 0 Å². The van der Waals surface area contributed by atoms with Crippen LogP contribution in [0.1, 0.15) is 13.8 Å². The molecular weight excluding hydrogens is 120 g/mol. The smallest absolute Gasteiger partial charge is 0.335 e. The molecule has 0 aromatic carbocycles. The predicted molar refractivity (Wildman–Crippen MR) is 32.5 cm³/mol. The average molecular weight is 131 g/mol. The van der Waals surface area contributed by atoms with Gasteiger partial charge in [0.25, 0.3) is 0 Å². The summed E-state index contributed by atoms with van der Waals surface area (Å²) in [6.07, 6.45) is -0.471. The van der Waals surface area contributed by atoms with Crippen LogP contribution in [0.5, 0.6) is 0 Å². The molecule has 0 fully saturated rings. The zero-order chi connectivity index (χ0) is 7.28. The molecule has 0 N–H and O–H groups in total. The van der Waals surface area contributed by atoms with Gasteiger partial charge in [0.05, 0.1) is 0 Å². The monoisotopic (exact) mass is 131 g/mol. The Morgan fingerprint density at radius 1 is 1.67 bits per heavy atom. The lowest BCUT2D eigenvalue weighted by Crippen LogP contribution is -2.20. The summed E-state index contributed by atoms with van der Waals surface area (Å²) in [7, 11) is 1.46. The van der Waals surface area contributed by atoms with Crippen LogP contribution >= 0.6 is 0 Å². The van der Waals surface area contributed by atoms with E-state index in [1.165, 1.54) is 13.7 Å². The molecule has 1 unspecified atom stereocenters. The summed E-state index contributed by atoms with van der Waals surface area (Å²) < 4.78 is 9.18. The van der Waals surface area contributed by atoms with E-state index < -0.39 is 6.10 Å². The fourth-order valence-electron chi connectivity index (χ4n) is 0.308. The van der Waals surface area contributed by atoms with E-state index in [2.05, 4.69) is 9.47 Å². The number of carbonyl (C=O) groups excluding carboxylic acids is 1. The maximum atomic E-state index is 10.6. The molecule has 3 nitrogen and oxygen atoms in total. The van der Waals surface area contributed by atoms with Crippen LogP contribution in [0.15, 0.2) is 0 Å². The molecule has 0 saturated carbocycles. The van der Waals surface area contributed by atoms with Crippen LogP contribution in [0.3, 0.4) is 0 Å². The van der Waals surface area contributed by atoms with Crippen molar-refractivity contribution in [1.82, 2.24) is 0 Å². The summed E-state index contributed by atoms with van der Waals surface area (Å²) >= 11 is 0. The molecule has 0 aromatic rings. The zero-order valence-electron chi connectivity index (χ0n) is 5.88. The van der Waals surface area contributed by atoms with Crippen molar-refractivity contribution in [2.45, 2.75) is 20.0 Å². The fraction of sp³-hybridized carbons (Fsp3) is 0.667. The Bertz CT molecular complexity index is 90.3. The van der Waals surface area contributed by atoms with Gasteiger partial charge in [-0.05, 0) is 13.8 Å². The lowest BCUT2D eigenvalue weighted by Gasteiger charge is -2.06. The van der Waals surface area contributed by atoms with Gasteiger partial charge in [0.15, 0.2) is 6.10 Å². The quantitative estimate of drug-likeness (QED) is 0.530. The summed E-state index contributed by atoms with van der Waals surface area (Å²) in [6.45, 7) is 4.60. The average Bonchev–Trinajstić information content (AvgIpc) is 1.87. The minimum absolute atomic E-state index is 0.361. The van der Waals surface area contributed by atoms with Crippen LogP contribution in [-0.4, -0.2) is 19.2 Å². The molecule has 0 rings (SSSR count). The van der Waals surface area contributed by atoms with E-state index in [0.29, 0.717) is 0 Å². The molecule has 3 heteroatoms. The van der Waals surface area contributed by atoms with E-state index in [1.54, 1.807) is 13.8 Å². The van der Waals surface area contributed by atoms with Crippen LogP contribution in [0.4, 0.5) is 0 Å². The fourth-order valence-corrected chi connectivity index (χ4v) is 0.308. The van der Waals surface area contributed by atoms with Crippen molar-refractivity contribution in [3.05, 3.63) is 6.61 Å².